The van der Waals surface area contributed by atoms with Crippen molar-refractivity contribution in [1.29, 1.82) is 0 Å². The maximum absolute atomic E-state index is 3.80. The molecule has 1 saturated carbocycles. The number of nitrogens with one attached hydrogen (secondary N) is 1. The van der Waals surface area contributed by atoms with Gasteiger partial charge in [0, 0.05) is 15.3 Å². The zero-order valence-corrected chi connectivity index (χ0v) is 15.6. The molecule has 2 heteroatoms. The van der Waals surface area contributed by atoms with Crippen LogP contribution in [-0.4, -0.2) is 6.04 Å². The summed E-state index contributed by atoms with van der Waals surface area (Å²) in [4.78, 5) is 0. The minimum atomic E-state index is 0.669. The third-order valence-corrected chi connectivity index (χ3v) is 5.81. The second kappa shape index (κ2) is 9.70. The first-order valence-corrected chi connectivity index (χ1v) is 9.86. The Bertz CT molecular complexity index is 404. The van der Waals surface area contributed by atoms with Gasteiger partial charge in [0.15, 0.2) is 0 Å². The standard InChI is InChI=1S/C19H30IN/c1-16-13-14-18(15-19(16)20)21-17-11-9-7-5-3-2-4-6-8-10-12-17/h13-15,17,21H,2-12H2,1H3. The summed E-state index contributed by atoms with van der Waals surface area (Å²) in [6.07, 6.45) is 15.5. The van der Waals surface area contributed by atoms with E-state index in [0.29, 0.717) is 6.04 Å². The van der Waals surface area contributed by atoms with Crippen molar-refractivity contribution in [3.8, 4) is 0 Å². The monoisotopic (exact) mass is 399 g/mol. The Morgan fingerprint density at radius 3 is 1.90 bits per heavy atom. The summed E-state index contributed by atoms with van der Waals surface area (Å²) in [7, 11) is 0. The fourth-order valence-electron chi connectivity index (χ4n) is 3.23. The summed E-state index contributed by atoms with van der Waals surface area (Å²) in [6.45, 7) is 2.18. The van der Waals surface area contributed by atoms with E-state index in [0.717, 1.165) is 0 Å². The van der Waals surface area contributed by atoms with Crippen molar-refractivity contribution in [2.45, 2.75) is 83.6 Å². The van der Waals surface area contributed by atoms with Gasteiger partial charge in [-0.2, -0.15) is 0 Å². The Hall–Kier alpha value is -0.250. The van der Waals surface area contributed by atoms with Crippen LogP contribution in [0.15, 0.2) is 18.2 Å². The molecule has 0 aromatic heterocycles. The van der Waals surface area contributed by atoms with Crippen molar-refractivity contribution in [2.24, 2.45) is 0 Å². The zero-order valence-electron chi connectivity index (χ0n) is 13.5. The molecule has 0 aliphatic heterocycles. The zero-order chi connectivity index (χ0) is 14.9. The van der Waals surface area contributed by atoms with Crippen LogP contribution in [0, 0.1) is 10.5 Å². The van der Waals surface area contributed by atoms with Crippen molar-refractivity contribution in [3.63, 3.8) is 0 Å². The Kier molecular flexibility index (Phi) is 7.91. The molecular formula is C19H30IN. The molecule has 1 N–H and O–H groups in total. The fourth-order valence-corrected chi connectivity index (χ4v) is 3.74. The molecule has 0 spiro atoms. The number of benzene rings is 1. The summed E-state index contributed by atoms with van der Waals surface area (Å²) >= 11 is 2.44. The van der Waals surface area contributed by atoms with E-state index in [1.165, 1.54) is 85.5 Å². The summed E-state index contributed by atoms with van der Waals surface area (Å²) in [5.41, 5.74) is 2.68. The van der Waals surface area contributed by atoms with E-state index in [1.807, 2.05) is 0 Å². The second-order valence-electron chi connectivity index (χ2n) is 6.56. The van der Waals surface area contributed by atoms with Gasteiger partial charge in [-0.1, -0.05) is 63.9 Å². The average molecular weight is 399 g/mol. The highest BCUT2D eigenvalue weighted by Gasteiger charge is 2.10. The van der Waals surface area contributed by atoms with E-state index in [4.69, 9.17) is 0 Å². The number of halogens is 1. The van der Waals surface area contributed by atoms with Gasteiger partial charge in [-0.25, -0.2) is 0 Å². The van der Waals surface area contributed by atoms with Gasteiger partial charge >= 0.3 is 0 Å². The molecule has 21 heavy (non-hydrogen) atoms. The molecular weight excluding hydrogens is 369 g/mol. The third kappa shape index (κ3) is 6.58. The van der Waals surface area contributed by atoms with Crippen LogP contribution in [0.2, 0.25) is 0 Å². The first-order valence-electron chi connectivity index (χ1n) is 8.78. The molecule has 0 atom stereocenters. The molecule has 1 nitrogen and oxygen atoms in total. The number of aryl methyl sites for hydroxylation is 1. The molecule has 1 aliphatic carbocycles. The maximum Gasteiger partial charge on any atom is 0.0353 e. The molecule has 0 amide bonds. The molecule has 0 heterocycles. The Balaban J connectivity index is 1.88. The van der Waals surface area contributed by atoms with Gasteiger partial charge in [0.25, 0.3) is 0 Å². The highest BCUT2D eigenvalue weighted by molar-refractivity contribution is 14.1. The summed E-state index contributed by atoms with van der Waals surface area (Å²) in [5.74, 6) is 0. The molecule has 0 radical (unpaired) electrons. The molecule has 1 aromatic carbocycles. The first kappa shape index (κ1) is 17.1. The summed E-state index contributed by atoms with van der Waals surface area (Å²) < 4.78 is 1.37. The van der Waals surface area contributed by atoms with Crippen molar-refractivity contribution in [1.82, 2.24) is 0 Å². The predicted octanol–water partition coefficient (Wildman–Crippen LogP) is 6.68. The highest BCUT2D eigenvalue weighted by Crippen LogP contribution is 2.22. The van der Waals surface area contributed by atoms with E-state index >= 15 is 0 Å². The molecule has 1 fully saturated rings. The van der Waals surface area contributed by atoms with E-state index in [-0.39, 0.29) is 0 Å². The molecule has 1 aliphatic rings. The molecule has 1 aromatic rings. The van der Waals surface area contributed by atoms with Gasteiger partial charge in [-0.15, -0.1) is 0 Å². The highest BCUT2D eigenvalue weighted by atomic mass is 127. The Morgan fingerprint density at radius 1 is 0.857 bits per heavy atom. The predicted molar refractivity (Wildman–Crippen MR) is 102 cm³/mol. The number of hydrogen-bond acceptors (Lipinski definition) is 1. The van der Waals surface area contributed by atoms with Crippen molar-refractivity contribution >= 4 is 28.3 Å². The third-order valence-electron chi connectivity index (χ3n) is 4.65. The van der Waals surface area contributed by atoms with E-state index in [9.17, 15) is 0 Å². The van der Waals surface area contributed by atoms with Crippen LogP contribution in [-0.2, 0) is 0 Å². The molecule has 0 saturated heterocycles. The van der Waals surface area contributed by atoms with Gasteiger partial charge in [0.1, 0.15) is 0 Å². The number of anilines is 1. The minimum Gasteiger partial charge on any atom is -0.382 e. The Morgan fingerprint density at radius 2 is 1.38 bits per heavy atom. The van der Waals surface area contributed by atoms with Crippen LogP contribution in [0.4, 0.5) is 5.69 Å². The lowest BCUT2D eigenvalue weighted by atomic mass is 9.97. The lowest BCUT2D eigenvalue weighted by Crippen LogP contribution is -2.19. The van der Waals surface area contributed by atoms with Gasteiger partial charge in [-0.3, -0.25) is 0 Å². The largest absolute Gasteiger partial charge is 0.382 e. The second-order valence-corrected chi connectivity index (χ2v) is 7.73. The summed E-state index contributed by atoms with van der Waals surface area (Å²) in [5, 5.41) is 3.80. The normalized spacial score (nSPS) is 19.5. The lowest BCUT2D eigenvalue weighted by molar-refractivity contribution is 0.480. The van der Waals surface area contributed by atoms with Gasteiger partial charge in [0.2, 0.25) is 0 Å². The van der Waals surface area contributed by atoms with Crippen LogP contribution in [0.5, 0.6) is 0 Å². The van der Waals surface area contributed by atoms with Crippen LogP contribution >= 0.6 is 22.6 Å². The fraction of sp³-hybridized carbons (Fsp3) is 0.684. The van der Waals surface area contributed by atoms with Crippen molar-refractivity contribution in [2.75, 3.05) is 5.32 Å². The molecule has 0 bridgehead atoms. The van der Waals surface area contributed by atoms with E-state index < -0.39 is 0 Å². The quantitative estimate of drug-likeness (QED) is 0.547. The van der Waals surface area contributed by atoms with Gasteiger partial charge < -0.3 is 5.32 Å². The lowest BCUT2D eigenvalue weighted by Gasteiger charge is -2.21. The Labute approximate surface area is 144 Å². The van der Waals surface area contributed by atoms with Gasteiger partial charge in [0.05, 0.1) is 0 Å². The SMILES string of the molecule is Cc1ccc(NC2CCCCCCCCCCC2)cc1I. The van der Waals surface area contributed by atoms with Crippen molar-refractivity contribution < 1.29 is 0 Å². The average Bonchev–Trinajstić information content (AvgIpc) is 2.46. The molecule has 118 valence electrons. The molecule has 2 rings (SSSR count). The smallest absolute Gasteiger partial charge is 0.0353 e. The maximum atomic E-state index is 3.80. The van der Waals surface area contributed by atoms with E-state index in [2.05, 4.69) is 53.0 Å². The molecule has 0 unspecified atom stereocenters. The van der Waals surface area contributed by atoms with Crippen molar-refractivity contribution in [3.05, 3.63) is 27.3 Å². The number of hydrogen-bond donors (Lipinski definition) is 1. The van der Waals surface area contributed by atoms with Crippen LogP contribution in [0.1, 0.15) is 76.2 Å². The topological polar surface area (TPSA) is 12.0 Å². The van der Waals surface area contributed by atoms with E-state index in [1.54, 1.807) is 0 Å². The van der Waals surface area contributed by atoms with Crippen LogP contribution in [0.3, 0.4) is 0 Å². The summed E-state index contributed by atoms with van der Waals surface area (Å²) in [6, 6.07) is 7.45. The van der Waals surface area contributed by atoms with Gasteiger partial charge in [-0.05, 0) is 60.1 Å². The minimum absolute atomic E-state index is 0.669. The van der Waals surface area contributed by atoms with Crippen LogP contribution in [0.25, 0.3) is 0 Å². The first-order chi connectivity index (χ1) is 10.3. The number of rotatable bonds is 2. The van der Waals surface area contributed by atoms with Crippen LogP contribution < -0.4 is 5.32 Å².